The quantitative estimate of drug-likeness (QED) is 0.519. The Morgan fingerprint density at radius 1 is 1.27 bits per heavy atom. The van der Waals surface area contributed by atoms with Gasteiger partial charge >= 0.3 is 5.97 Å². The molecule has 130 valence electrons. The Balaban J connectivity index is 2.03. The molecule has 0 bridgehead atoms. The lowest BCUT2D eigenvalue weighted by Crippen LogP contribution is -2.12. The zero-order valence-corrected chi connectivity index (χ0v) is 14.4. The van der Waals surface area contributed by atoms with Crippen LogP contribution in [0.4, 0.5) is 15.9 Å². The van der Waals surface area contributed by atoms with Gasteiger partial charge < -0.3 is 10.4 Å². The van der Waals surface area contributed by atoms with Crippen LogP contribution in [-0.2, 0) is 4.79 Å². The van der Waals surface area contributed by atoms with E-state index in [1.807, 2.05) is 6.07 Å². The summed E-state index contributed by atoms with van der Waals surface area (Å²) in [6.45, 7) is 1.53. The smallest absolute Gasteiger partial charge is 0.316 e. The number of anilines is 2. The van der Waals surface area contributed by atoms with Crippen molar-refractivity contribution in [1.29, 1.82) is 5.26 Å². The SMILES string of the molecule is CC(Sc1nc(Nc2ccc(C#N)cc2)c2ccc(F)cc2n1)C(=O)O. The van der Waals surface area contributed by atoms with Gasteiger partial charge in [-0.05, 0) is 43.3 Å². The molecule has 0 saturated carbocycles. The highest BCUT2D eigenvalue weighted by Gasteiger charge is 2.17. The summed E-state index contributed by atoms with van der Waals surface area (Å²) in [7, 11) is 0. The number of carbonyl (C=O) groups is 1. The normalized spacial score (nSPS) is 11.7. The first-order valence-corrected chi connectivity index (χ1v) is 8.48. The summed E-state index contributed by atoms with van der Waals surface area (Å²) in [6, 6.07) is 13.0. The molecule has 0 aliphatic carbocycles. The molecule has 0 radical (unpaired) electrons. The van der Waals surface area contributed by atoms with Crippen molar-refractivity contribution in [3.05, 3.63) is 53.8 Å². The molecular formula is C18H13FN4O2S. The molecule has 1 atom stereocenters. The van der Waals surface area contributed by atoms with Crippen molar-refractivity contribution in [2.45, 2.75) is 17.3 Å². The van der Waals surface area contributed by atoms with Crippen LogP contribution in [0.3, 0.4) is 0 Å². The first-order chi connectivity index (χ1) is 12.5. The summed E-state index contributed by atoms with van der Waals surface area (Å²) in [4.78, 5) is 19.7. The van der Waals surface area contributed by atoms with Gasteiger partial charge in [-0.2, -0.15) is 5.26 Å². The summed E-state index contributed by atoms with van der Waals surface area (Å²) in [5.74, 6) is -0.998. The van der Waals surface area contributed by atoms with Crippen molar-refractivity contribution in [2.75, 3.05) is 5.32 Å². The number of nitrogens with one attached hydrogen (secondary N) is 1. The lowest BCUT2D eigenvalue weighted by molar-refractivity contribution is -0.136. The second kappa shape index (κ2) is 7.37. The molecular weight excluding hydrogens is 355 g/mol. The lowest BCUT2D eigenvalue weighted by Gasteiger charge is -2.12. The van der Waals surface area contributed by atoms with Crippen LogP contribution in [0.5, 0.6) is 0 Å². The number of thioether (sulfide) groups is 1. The fraction of sp³-hybridized carbons (Fsp3) is 0.111. The third-order valence-electron chi connectivity index (χ3n) is 3.55. The molecule has 6 nitrogen and oxygen atoms in total. The van der Waals surface area contributed by atoms with Gasteiger partial charge in [0.2, 0.25) is 0 Å². The second-order valence-corrected chi connectivity index (χ2v) is 6.74. The zero-order valence-electron chi connectivity index (χ0n) is 13.6. The van der Waals surface area contributed by atoms with Crippen LogP contribution in [0.1, 0.15) is 12.5 Å². The van der Waals surface area contributed by atoms with Crippen LogP contribution in [0.2, 0.25) is 0 Å². The number of rotatable bonds is 5. The predicted molar refractivity (Wildman–Crippen MR) is 96.9 cm³/mol. The van der Waals surface area contributed by atoms with Crippen molar-refractivity contribution in [1.82, 2.24) is 9.97 Å². The Hall–Kier alpha value is -3.18. The van der Waals surface area contributed by atoms with E-state index >= 15 is 0 Å². The van der Waals surface area contributed by atoms with Crippen molar-refractivity contribution < 1.29 is 14.3 Å². The number of aliphatic carboxylic acids is 1. The molecule has 1 heterocycles. The number of carboxylic acids is 1. The van der Waals surface area contributed by atoms with Crippen LogP contribution in [0.15, 0.2) is 47.6 Å². The molecule has 1 unspecified atom stereocenters. The Bertz CT molecular complexity index is 1020. The van der Waals surface area contributed by atoms with Gasteiger partial charge in [-0.1, -0.05) is 11.8 Å². The minimum absolute atomic E-state index is 0.231. The maximum Gasteiger partial charge on any atom is 0.316 e. The summed E-state index contributed by atoms with van der Waals surface area (Å²) >= 11 is 0.976. The lowest BCUT2D eigenvalue weighted by atomic mass is 10.2. The van der Waals surface area contributed by atoms with Crippen LogP contribution in [-0.4, -0.2) is 26.3 Å². The highest BCUT2D eigenvalue weighted by Crippen LogP contribution is 2.29. The maximum atomic E-state index is 13.6. The topological polar surface area (TPSA) is 98.9 Å². The number of fused-ring (bicyclic) bond motifs is 1. The number of carboxylic acid groups (broad SMARTS) is 1. The molecule has 26 heavy (non-hydrogen) atoms. The maximum absolute atomic E-state index is 13.6. The average molecular weight is 368 g/mol. The van der Waals surface area contributed by atoms with Crippen LogP contribution in [0, 0.1) is 17.1 Å². The molecule has 0 saturated heterocycles. The molecule has 2 aromatic carbocycles. The molecule has 3 aromatic rings. The zero-order chi connectivity index (χ0) is 18.7. The van der Waals surface area contributed by atoms with Crippen molar-refractivity contribution >= 4 is 40.1 Å². The van der Waals surface area contributed by atoms with E-state index < -0.39 is 17.0 Å². The largest absolute Gasteiger partial charge is 0.480 e. The minimum atomic E-state index is -0.987. The number of hydrogen-bond donors (Lipinski definition) is 2. The monoisotopic (exact) mass is 368 g/mol. The van der Waals surface area contributed by atoms with E-state index in [2.05, 4.69) is 15.3 Å². The summed E-state index contributed by atoms with van der Waals surface area (Å²) in [5.41, 5.74) is 1.59. The molecule has 3 rings (SSSR count). The third-order valence-corrected chi connectivity index (χ3v) is 4.49. The number of nitrogens with zero attached hydrogens (tertiary/aromatic N) is 3. The molecule has 0 aliphatic rings. The van der Waals surface area contributed by atoms with Gasteiger partial charge in [-0.15, -0.1) is 0 Å². The van der Waals surface area contributed by atoms with Gasteiger partial charge in [-0.25, -0.2) is 14.4 Å². The van der Waals surface area contributed by atoms with Crippen molar-refractivity contribution in [2.24, 2.45) is 0 Å². The average Bonchev–Trinajstić information content (AvgIpc) is 2.61. The second-order valence-electron chi connectivity index (χ2n) is 5.43. The van der Waals surface area contributed by atoms with Crippen LogP contribution in [0.25, 0.3) is 10.9 Å². The van der Waals surface area contributed by atoms with E-state index in [4.69, 9.17) is 10.4 Å². The molecule has 0 spiro atoms. The molecule has 0 aliphatic heterocycles. The van der Waals surface area contributed by atoms with E-state index in [-0.39, 0.29) is 5.16 Å². The number of halogens is 1. The van der Waals surface area contributed by atoms with E-state index in [0.29, 0.717) is 28.0 Å². The van der Waals surface area contributed by atoms with E-state index in [9.17, 15) is 9.18 Å². The Kier molecular flexibility index (Phi) is 5.00. The van der Waals surface area contributed by atoms with Crippen LogP contribution >= 0.6 is 11.8 Å². The third kappa shape index (κ3) is 3.90. The van der Waals surface area contributed by atoms with Gasteiger partial charge in [0.1, 0.15) is 16.9 Å². The summed E-state index contributed by atoms with van der Waals surface area (Å²) in [6.07, 6.45) is 0. The highest BCUT2D eigenvalue weighted by molar-refractivity contribution is 8.00. The highest BCUT2D eigenvalue weighted by atomic mass is 32.2. The number of aromatic nitrogens is 2. The first-order valence-electron chi connectivity index (χ1n) is 7.60. The van der Waals surface area contributed by atoms with Gasteiger partial charge in [0.05, 0.1) is 17.1 Å². The van der Waals surface area contributed by atoms with Gasteiger partial charge in [-0.3, -0.25) is 4.79 Å². The van der Waals surface area contributed by atoms with Gasteiger partial charge in [0.25, 0.3) is 0 Å². The number of hydrogen-bond acceptors (Lipinski definition) is 6. The molecule has 1 aromatic heterocycles. The molecule has 2 N–H and O–H groups in total. The Morgan fingerprint density at radius 3 is 2.65 bits per heavy atom. The Morgan fingerprint density at radius 2 is 2.00 bits per heavy atom. The molecule has 0 amide bonds. The van der Waals surface area contributed by atoms with Crippen molar-refractivity contribution in [3.8, 4) is 6.07 Å². The summed E-state index contributed by atoms with van der Waals surface area (Å²) < 4.78 is 13.6. The van der Waals surface area contributed by atoms with E-state index in [0.717, 1.165) is 11.8 Å². The van der Waals surface area contributed by atoms with Crippen molar-refractivity contribution in [3.63, 3.8) is 0 Å². The predicted octanol–water partition coefficient (Wildman–Crippen LogP) is 3.95. The first kappa shape index (κ1) is 17.6. The number of nitriles is 1. The molecule has 0 fully saturated rings. The number of benzene rings is 2. The standard InChI is InChI=1S/C18H13FN4O2S/c1-10(17(24)25)26-18-22-15-8-12(19)4-7-14(15)16(23-18)21-13-5-2-11(9-20)3-6-13/h2-8,10H,1H3,(H,24,25)(H,21,22,23). The van der Waals surface area contributed by atoms with Crippen LogP contribution < -0.4 is 5.32 Å². The van der Waals surface area contributed by atoms with E-state index in [1.54, 1.807) is 30.3 Å². The Labute approximate surface area is 152 Å². The summed E-state index contributed by atoms with van der Waals surface area (Å²) in [5, 5.41) is 21.2. The minimum Gasteiger partial charge on any atom is -0.480 e. The van der Waals surface area contributed by atoms with E-state index in [1.165, 1.54) is 19.1 Å². The molecule has 8 heteroatoms. The van der Waals surface area contributed by atoms with Gasteiger partial charge in [0.15, 0.2) is 5.16 Å². The van der Waals surface area contributed by atoms with Gasteiger partial charge in [0, 0.05) is 17.1 Å². The fourth-order valence-electron chi connectivity index (χ4n) is 2.20. The fourth-order valence-corrected chi connectivity index (χ4v) is 2.91.